The van der Waals surface area contributed by atoms with Crippen LogP contribution in [0.15, 0.2) is 18.2 Å². The second-order valence-electron chi connectivity index (χ2n) is 2.95. The summed E-state index contributed by atoms with van der Waals surface area (Å²) in [7, 11) is 1.51. The number of para-hydroxylation sites is 1. The molecule has 15 heavy (non-hydrogen) atoms. The molecule has 82 valence electrons. The number of hydrogen-bond acceptors (Lipinski definition) is 2. The average Bonchev–Trinajstić information content (AvgIpc) is 2.22. The molecule has 0 heterocycles. The number of halogens is 2. The van der Waals surface area contributed by atoms with Gasteiger partial charge in [0.05, 0.1) is 0 Å². The van der Waals surface area contributed by atoms with Crippen molar-refractivity contribution in [1.29, 1.82) is 0 Å². The molecular weight excluding hydrogens is 202 g/mol. The van der Waals surface area contributed by atoms with Gasteiger partial charge in [0.2, 0.25) is 5.91 Å². The van der Waals surface area contributed by atoms with Crippen molar-refractivity contribution in [2.24, 2.45) is 0 Å². The third kappa shape index (κ3) is 3.19. The van der Waals surface area contributed by atoms with Crippen molar-refractivity contribution in [3.8, 4) is 0 Å². The van der Waals surface area contributed by atoms with Gasteiger partial charge in [0, 0.05) is 20.0 Å². The van der Waals surface area contributed by atoms with Gasteiger partial charge >= 0.3 is 0 Å². The lowest BCUT2D eigenvalue weighted by molar-refractivity contribution is -0.120. The summed E-state index contributed by atoms with van der Waals surface area (Å²) in [5.41, 5.74) is -0.193. The minimum Gasteiger partial charge on any atom is -0.380 e. The Bertz CT molecular complexity index is 335. The molecule has 1 amide bonds. The van der Waals surface area contributed by atoms with E-state index in [9.17, 15) is 13.6 Å². The summed E-state index contributed by atoms with van der Waals surface area (Å²) in [5, 5.41) is 4.95. The first-order valence-electron chi connectivity index (χ1n) is 4.53. The maximum absolute atomic E-state index is 13.1. The number of hydrogen-bond donors (Lipinski definition) is 2. The zero-order valence-electron chi connectivity index (χ0n) is 8.31. The predicted octanol–water partition coefficient (Wildman–Crippen LogP) is 1.51. The molecule has 2 N–H and O–H groups in total. The van der Waals surface area contributed by atoms with Gasteiger partial charge in [-0.3, -0.25) is 4.79 Å². The molecule has 3 nitrogen and oxygen atoms in total. The van der Waals surface area contributed by atoms with Gasteiger partial charge in [0.15, 0.2) is 0 Å². The minimum atomic E-state index is -0.660. The lowest BCUT2D eigenvalue weighted by Crippen LogP contribution is -2.21. The van der Waals surface area contributed by atoms with E-state index in [1.807, 2.05) is 0 Å². The van der Waals surface area contributed by atoms with Crippen LogP contribution in [0.25, 0.3) is 0 Å². The number of amides is 1. The number of nitrogens with one attached hydrogen (secondary N) is 2. The fourth-order valence-corrected chi connectivity index (χ4v) is 1.09. The number of rotatable bonds is 4. The SMILES string of the molecule is CNC(=O)CCNc1c(F)cccc1F. The first-order valence-corrected chi connectivity index (χ1v) is 4.53. The molecule has 1 aromatic carbocycles. The largest absolute Gasteiger partial charge is 0.380 e. The van der Waals surface area contributed by atoms with Crippen LogP contribution >= 0.6 is 0 Å². The van der Waals surface area contributed by atoms with Gasteiger partial charge in [-0.15, -0.1) is 0 Å². The summed E-state index contributed by atoms with van der Waals surface area (Å²) >= 11 is 0. The van der Waals surface area contributed by atoms with Crippen LogP contribution in [0.4, 0.5) is 14.5 Å². The molecule has 0 aliphatic heterocycles. The molecule has 0 aliphatic rings. The summed E-state index contributed by atoms with van der Waals surface area (Å²) in [4.78, 5) is 10.8. The number of anilines is 1. The quantitative estimate of drug-likeness (QED) is 0.797. The van der Waals surface area contributed by atoms with E-state index in [1.54, 1.807) is 0 Å². The van der Waals surface area contributed by atoms with Gasteiger partial charge in [-0.1, -0.05) is 6.07 Å². The van der Waals surface area contributed by atoms with Crippen LogP contribution in [0.2, 0.25) is 0 Å². The van der Waals surface area contributed by atoms with Crippen LogP contribution in [-0.4, -0.2) is 19.5 Å². The van der Waals surface area contributed by atoms with E-state index in [2.05, 4.69) is 10.6 Å². The standard InChI is InChI=1S/C10H12F2N2O/c1-13-9(15)5-6-14-10-7(11)3-2-4-8(10)12/h2-4,14H,5-6H2,1H3,(H,13,15). The third-order valence-corrected chi connectivity index (χ3v) is 1.90. The van der Waals surface area contributed by atoms with Crippen molar-refractivity contribution in [3.63, 3.8) is 0 Å². The predicted molar refractivity (Wildman–Crippen MR) is 53.5 cm³/mol. The summed E-state index contributed by atoms with van der Waals surface area (Å²) in [5.74, 6) is -1.50. The Morgan fingerprint density at radius 2 is 1.93 bits per heavy atom. The number of carbonyl (C=O) groups excluding carboxylic acids is 1. The van der Waals surface area contributed by atoms with Gasteiger partial charge in [0.1, 0.15) is 17.3 Å². The third-order valence-electron chi connectivity index (χ3n) is 1.90. The van der Waals surface area contributed by atoms with Crippen molar-refractivity contribution in [2.45, 2.75) is 6.42 Å². The lowest BCUT2D eigenvalue weighted by Gasteiger charge is -2.07. The van der Waals surface area contributed by atoms with Crippen LogP contribution in [0.3, 0.4) is 0 Å². The fraction of sp³-hybridized carbons (Fsp3) is 0.300. The Balaban J connectivity index is 2.54. The summed E-state index contributed by atoms with van der Waals surface area (Å²) in [6.45, 7) is 0.192. The summed E-state index contributed by atoms with van der Waals surface area (Å²) in [6, 6.07) is 3.60. The number of carbonyl (C=O) groups is 1. The van der Waals surface area contributed by atoms with Gasteiger partial charge in [0.25, 0.3) is 0 Å². The molecule has 0 radical (unpaired) electrons. The first-order chi connectivity index (χ1) is 7.15. The van der Waals surface area contributed by atoms with E-state index in [1.165, 1.54) is 13.1 Å². The van der Waals surface area contributed by atoms with E-state index in [-0.39, 0.29) is 24.6 Å². The average molecular weight is 214 g/mol. The second kappa shape index (κ2) is 5.29. The minimum absolute atomic E-state index is 0.171. The van der Waals surface area contributed by atoms with E-state index in [0.29, 0.717) is 0 Å². The van der Waals surface area contributed by atoms with E-state index in [0.717, 1.165) is 12.1 Å². The highest BCUT2D eigenvalue weighted by atomic mass is 19.1. The maximum atomic E-state index is 13.1. The van der Waals surface area contributed by atoms with E-state index < -0.39 is 11.6 Å². The highest BCUT2D eigenvalue weighted by Gasteiger charge is 2.07. The molecule has 0 fully saturated rings. The highest BCUT2D eigenvalue weighted by Crippen LogP contribution is 2.17. The van der Waals surface area contributed by atoms with Crippen LogP contribution in [0, 0.1) is 11.6 Å². The van der Waals surface area contributed by atoms with Crippen molar-refractivity contribution in [3.05, 3.63) is 29.8 Å². The topological polar surface area (TPSA) is 41.1 Å². The van der Waals surface area contributed by atoms with Crippen LogP contribution in [-0.2, 0) is 4.79 Å². The Labute approximate surface area is 86.5 Å². The Morgan fingerprint density at radius 1 is 1.33 bits per heavy atom. The van der Waals surface area contributed by atoms with E-state index >= 15 is 0 Å². The zero-order chi connectivity index (χ0) is 11.3. The molecule has 1 aromatic rings. The molecule has 1 rings (SSSR count). The van der Waals surface area contributed by atoms with Gasteiger partial charge < -0.3 is 10.6 Å². The maximum Gasteiger partial charge on any atom is 0.221 e. The van der Waals surface area contributed by atoms with Gasteiger partial charge in [-0.05, 0) is 12.1 Å². The summed E-state index contributed by atoms with van der Waals surface area (Å²) in [6.07, 6.45) is 0.171. The Hall–Kier alpha value is -1.65. The summed E-state index contributed by atoms with van der Waals surface area (Å²) < 4.78 is 26.1. The molecule has 0 bridgehead atoms. The van der Waals surface area contributed by atoms with Crippen LogP contribution < -0.4 is 10.6 Å². The molecule has 5 heteroatoms. The molecule has 0 spiro atoms. The molecule has 0 atom stereocenters. The molecule has 0 unspecified atom stereocenters. The molecular formula is C10H12F2N2O. The molecule has 0 saturated heterocycles. The van der Waals surface area contributed by atoms with Crippen molar-refractivity contribution >= 4 is 11.6 Å². The van der Waals surface area contributed by atoms with Crippen molar-refractivity contribution in [1.82, 2.24) is 5.32 Å². The van der Waals surface area contributed by atoms with E-state index in [4.69, 9.17) is 0 Å². The Morgan fingerprint density at radius 3 is 2.47 bits per heavy atom. The van der Waals surface area contributed by atoms with Crippen molar-refractivity contribution < 1.29 is 13.6 Å². The lowest BCUT2D eigenvalue weighted by atomic mass is 10.3. The monoisotopic (exact) mass is 214 g/mol. The van der Waals surface area contributed by atoms with Crippen LogP contribution in [0.5, 0.6) is 0 Å². The molecule has 0 aromatic heterocycles. The Kier molecular flexibility index (Phi) is 4.03. The van der Waals surface area contributed by atoms with Crippen molar-refractivity contribution in [2.75, 3.05) is 18.9 Å². The van der Waals surface area contributed by atoms with Crippen LogP contribution in [0.1, 0.15) is 6.42 Å². The number of benzene rings is 1. The second-order valence-corrected chi connectivity index (χ2v) is 2.95. The zero-order valence-corrected chi connectivity index (χ0v) is 8.31. The molecule has 0 aliphatic carbocycles. The first kappa shape index (κ1) is 11.4. The normalized spacial score (nSPS) is 9.80. The fourth-order valence-electron chi connectivity index (χ4n) is 1.09. The van der Waals surface area contributed by atoms with Gasteiger partial charge in [-0.2, -0.15) is 0 Å². The molecule has 0 saturated carbocycles. The van der Waals surface area contributed by atoms with Gasteiger partial charge in [-0.25, -0.2) is 8.78 Å². The highest BCUT2D eigenvalue weighted by molar-refractivity contribution is 5.76. The smallest absolute Gasteiger partial charge is 0.221 e.